The van der Waals surface area contributed by atoms with Crippen LogP contribution in [0.4, 0.5) is 0 Å². The summed E-state index contributed by atoms with van der Waals surface area (Å²) in [7, 11) is 0. The summed E-state index contributed by atoms with van der Waals surface area (Å²) in [6.45, 7) is 1.82. The Labute approximate surface area is 84.9 Å². The molecule has 0 amide bonds. The molecule has 2 aromatic rings. The van der Waals surface area contributed by atoms with Crippen molar-refractivity contribution in [3.05, 3.63) is 28.3 Å². The maximum atomic E-state index is 8.93. The molecule has 0 fully saturated rings. The monoisotopic (exact) mass is 199 g/mol. The third-order valence-corrected chi connectivity index (χ3v) is 2.90. The molecular formula is C10H5N3S. The van der Waals surface area contributed by atoms with Gasteiger partial charge in [-0.25, -0.2) is 4.98 Å². The van der Waals surface area contributed by atoms with Gasteiger partial charge >= 0.3 is 0 Å². The maximum absolute atomic E-state index is 8.93. The Bertz CT molecular complexity index is 584. The van der Waals surface area contributed by atoms with Gasteiger partial charge in [0.05, 0.1) is 21.3 Å². The Balaban J connectivity index is 3.00. The lowest BCUT2D eigenvalue weighted by molar-refractivity contribution is 1.37. The minimum Gasteiger partial charge on any atom is -0.243 e. The topological polar surface area (TPSA) is 60.5 Å². The average Bonchev–Trinajstić information content (AvgIpc) is 2.65. The van der Waals surface area contributed by atoms with E-state index in [-0.39, 0.29) is 0 Å². The smallest absolute Gasteiger partial charge is 0.102 e. The van der Waals surface area contributed by atoms with Crippen LogP contribution < -0.4 is 0 Å². The van der Waals surface area contributed by atoms with Crippen molar-refractivity contribution in [1.82, 2.24) is 4.98 Å². The van der Waals surface area contributed by atoms with Gasteiger partial charge in [-0.1, -0.05) is 0 Å². The highest BCUT2D eigenvalue weighted by Gasteiger charge is 2.11. The number of benzene rings is 1. The molecule has 3 nitrogen and oxygen atoms in total. The second-order valence-corrected chi connectivity index (χ2v) is 3.72. The molecule has 0 saturated carbocycles. The zero-order valence-corrected chi connectivity index (χ0v) is 8.22. The fourth-order valence-corrected chi connectivity index (χ4v) is 2.14. The van der Waals surface area contributed by atoms with E-state index in [0.29, 0.717) is 16.6 Å². The molecule has 66 valence electrons. The molecule has 0 saturated heterocycles. The van der Waals surface area contributed by atoms with Crippen LogP contribution in [-0.4, -0.2) is 4.98 Å². The average molecular weight is 199 g/mol. The second-order valence-electron chi connectivity index (χ2n) is 2.87. The van der Waals surface area contributed by atoms with Gasteiger partial charge in [0.2, 0.25) is 0 Å². The molecule has 0 bridgehead atoms. The van der Waals surface area contributed by atoms with Crippen molar-refractivity contribution in [1.29, 1.82) is 10.5 Å². The van der Waals surface area contributed by atoms with Crippen molar-refractivity contribution in [3.63, 3.8) is 0 Å². The van der Waals surface area contributed by atoms with Crippen LogP contribution in [0.5, 0.6) is 0 Å². The molecular weight excluding hydrogens is 194 g/mol. The van der Waals surface area contributed by atoms with Gasteiger partial charge in [0.25, 0.3) is 0 Å². The molecule has 0 radical (unpaired) electrons. The first kappa shape index (κ1) is 8.68. The number of aromatic nitrogens is 1. The minimum absolute atomic E-state index is 0.570. The Hall–Kier alpha value is -1.91. The molecule has 14 heavy (non-hydrogen) atoms. The zero-order chi connectivity index (χ0) is 10.1. The highest BCUT2D eigenvalue weighted by molar-refractivity contribution is 7.17. The van der Waals surface area contributed by atoms with Crippen LogP contribution in [0.3, 0.4) is 0 Å². The third kappa shape index (κ3) is 1.06. The standard InChI is InChI=1S/C10H5N3S/c1-6-2-7(3-11)10-9(8(6)4-12)13-5-14-10/h2,5H,1H3. The van der Waals surface area contributed by atoms with E-state index in [4.69, 9.17) is 10.5 Å². The third-order valence-electron chi connectivity index (χ3n) is 2.04. The van der Waals surface area contributed by atoms with E-state index in [1.807, 2.05) is 6.92 Å². The van der Waals surface area contributed by atoms with Crippen LogP contribution in [-0.2, 0) is 0 Å². The molecule has 0 unspecified atom stereocenters. The van der Waals surface area contributed by atoms with Gasteiger partial charge in [-0.15, -0.1) is 11.3 Å². The molecule has 0 aliphatic rings. The van der Waals surface area contributed by atoms with Gasteiger partial charge in [-0.2, -0.15) is 10.5 Å². The maximum Gasteiger partial charge on any atom is 0.102 e. The molecule has 4 heteroatoms. The van der Waals surface area contributed by atoms with Gasteiger partial charge in [0.15, 0.2) is 0 Å². The molecule has 0 aliphatic heterocycles. The van der Waals surface area contributed by atoms with Crippen molar-refractivity contribution in [3.8, 4) is 12.1 Å². The SMILES string of the molecule is Cc1cc(C#N)c2scnc2c1C#N. The molecule has 0 spiro atoms. The highest BCUT2D eigenvalue weighted by atomic mass is 32.1. The van der Waals surface area contributed by atoms with Gasteiger partial charge < -0.3 is 0 Å². The first-order chi connectivity index (χ1) is 6.77. The Morgan fingerprint density at radius 2 is 2.14 bits per heavy atom. The van der Waals surface area contributed by atoms with E-state index < -0.39 is 0 Å². The lowest BCUT2D eigenvalue weighted by Gasteiger charge is -1.99. The number of aryl methyl sites for hydroxylation is 1. The fraction of sp³-hybridized carbons (Fsp3) is 0.100. The van der Waals surface area contributed by atoms with Crippen LogP contribution in [0.25, 0.3) is 10.2 Å². The summed E-state index contributed by atoms with van der Waals surface area (Å²) in [5.41, 5.74) is 4.28. The number of nitrogens with zero attached hydrogens (tertiary/aromatic N) is 3. The predicted molar refractivity (Wildman–Crippen MR) is 53.8 cm³/mol. The van der Waals surface area contributed by atoms with Crippen molar-refractivity contribution in [2.24, 2.45) is 0 Å². The van der Waals surface area contributed by atoms with Gasteiger partial charge in [-0.3, -0.25) is 0 Å². The number of hydrogen-bond acceptors (Lipinski definition) is 4. The summed E-state index contributed by atoms with van der Waals surface area (Å²) in [4.78, 5) is 4.10. The van der Waals surface area contributed by atoms with Gasteiger partial charge in [-0.05, 0) is 18.6 Å². The van der Waals surface area contributed by atoms with Crippen LogP contribution >= 0.6 is 11.3 Å². The number of nitriles is 2. The molecule has 1 aromatic carbocycles. The van der Waals surface area contributed by atoms with Crippen molar-refractivity contribution in [2.45, 2.75) is 6.92 Å². The first-order valence-corrected chi connectivity index (χ1v) is 4.83. The lowest BCUT2D eigenvalue weighted by Crippen LogP contribution is -1.87. The van der Waals surface area contributed by atoms with Gasteiger partial charge in [0.1, 0.15) is 17.7 Å². The minimum atomic E-state index is 0.570. The molecule has 1 heterocycles. The number of rotatable bonds is 0. The molecule has 2 rings (SSSR count). The van der Waals surface area contributed by atoms with E-state index in [1.165, 1.54) is 11.3 Å². The van der Waals surface area contributed by atoms with Crippen molar-refractivity contribution >= 4 is 21.6 Å². The van der Waals surface area contributed by atoms with Crippen molar-refractivity contribution in [2.75, 3.05) is 0 Å². The largest absolute Gasteiger partial charge is 0.243 e. The number of hydrogen-bond donors (Lipinski definition) is 0. The summed E-state index contributed by atoms with van der Waals surface area (Å²) >= 11 is 1.39. The molecule has 0 atom stereocenters. The molecule has 0 aliphatic carbocycles. The second kappa shape index (κ2) is 3.10. The summed E-state index contributed by atoms with van der Waals surface area (Å²) in [6.07, 6.45) is 0. The van der Waals surface area contributed by atoms with Gasteiger partial charge in [0, 0.05) is 0 Å². The van der Waals surface area contributed by atoms with E-state index in [0.717, 1.165) is 10.3 Å². The molecule has 1 aromatic heterocycles. The summed E-state index contributed by atoms with van der Waals surface area (Å²) in [6, 6.07) is 5.95. The fourth-order valence-electron chi connectivity index (χ4n) is 1.38. The van der Waals surface area contributed by atoms with Crippen molar-refractivity contribution < 1.29 is 0 Å². The molecule has 0 N–H and O–H groups in total. The quantitative estimate of drug-likeness (QED) is 0.654. The normalized spacial score (nSPS) is 9.64. The van der Waals surface area contributed by atoms with E-state index in [9.17, 15) is 0 Å². The van der Waals surface area contributed by atoms with Crippen LogP contribution in [0.1, 0.15) is 16.7 Å². The Morgan fingerprint density at radius 3 is 2.79 bits per heavy atom. The number of thiazole rings is 1. The summed E-state index contributed by atoms with van der Waals surface area (Å²) < 4.78 is 0.801. The zero-order valence-electron chi connectivity index (χ0n) is 7.40. The first-order valence-electron chi connectivity index (χ1n) is 3.95. The van der Waals surface area contributed by atoms with Crippen LogP contribution in [0.2, 0.25) is 0 Å². The Kier molecular flexibility index (Phi) is 1.92. The number of fused-ring (bicyclic) bond motifs is 1. The van der Waals surface area contributed by atoms with E-state index in [2.05, 4.69) is 17.1 Å². The summed E-state index contributed by atoms with van der Waals surface area (Å²) in [5.74, 6) is 0. The summed E-state index contributed by atoms with van der Waals surface area (Å²) in [5, 5.41) is 17.8. The van der Waals surface area contributed by atoms with Crippen LogP contribution in [0, 0.1) is 29.6 Å². The van der Waals surface area contributed by atoms with E-state index >= 15 is 0 Å². The predicted octanol–water partition coefficient (Wildman–Crippen LogP) is 2.35. The van der Waals surface area contributed by atoms with E-state index in [1.54, 1.807) is 11.6 Å². The Morgan fingerprint density at radius 1 is 1.36 bits per heavy atom. The lowest BCUT2D eigenvalue weighted by atomic mass is 10.1. The highest BCUT2D eigenvalue weighted by Crippen LogP contribution is 2.27. The van der Waals surface area contributed by atoms with Crippen LogP contribution in [0.15, 0.2) is 11.6 Å².